The molecule has 72 valence electrons. The first-order valence-corrected chi connectivity index (χ1v) is 3.10. The standard InChI is InChI=1S/C7H3F5O/c8-6-3-4(13-12)1-2-5(6)7(9,10)11/h1-3H. The van der Waals surface area contributed by atoms with Crippen LogP contribution in [0.5, 0.6) is 5.75 Å². The minimum atomic E-state index is -4.78. The Morgan fingerprint density at radius 3 is 2.15 bits per heavy atom. The second kappa shape index (κ2) is 3.20. The fraction of sp³-hybridized carbons (Fsp3) is 0.143. The summed E-state index contributed by atoms with van der Waals surface area (Å²) in [5, 5.41) is 0. The molecule has 0 radical (unpaired) electrons. The molecule has 0 atom stereocenters. The maximum Gasteiger partial charge on any atom is 0.419 e. The highest BCUT2D eigenvalue weighted by Gasteiger charge is 2.34. The quantitative estimate of drug-likeness (QED) is 0.630. The lowest BCUT2D eigenvalue weighted by Gasteiger charge is -2.07. The monoisotopic (exact) mass is 198 g/mol. The lowest BCUT2D eigenvalue weighted by Crippen LogP contribution is -2.07. The summed E-state index contributed by atoms with van der Waals surface area (Å²) in [6, 6.07) is 1.42. The molecule has 0 spiro atoms. The van der Waals surface area contributed by atoms with Crippen molar-refractivity contribution in [3.05, 3.63) is 29.6 Å². The highest BCUT2D eigenvalue weighted by molar-refractivity contribution is 5.30. The molecule has 1 aromatic carbocycles. The fourth-order valence-electron chi connectivity index (χ4n) is 0.774. The number of hydrogen-bond acceptors (Lipinski definition) is 1. The van der Waals surface area contributed by atoms with E-state index in [2.05, 4.69) is 4.94 Å². The molecule has 0 amide bonds. The molecule has 0 saturated carbocycles. The van der Waals surface area contributed by atoms with Crippen molar-refractivity contribution < 1.29 is 27.0 Å². The van der Waals surface area contributed by atoms with Crippen molar-refractivity contribution in [3.8, 4) is 5.75 Å². The smallest absolute Gasteiger partial charge is 0.294 e. The number of alkyl halides is 3. The van der Waals surface area contributed by atoms with Gasteiger partial charge in [-0.2, -0.15) is 13.2 Å². The van der Waals surface area contributed by atoms with Gasteiger partial charge in [0.1, 0.15) is 5.82 Å². The molecule has 0 heterocycles. The van der Waals surface area contributed by atoms with E-state index in [1.165, 1.54) is 0 Å². The van der Waals surface area contributed by atoms with E-state index in [1.54, 1.807) is 0 Å². The molecule has 0 unspecified atom stereocenters. The zero-order valence-electron chi connectivity index (χ0n) is 6.03. The number of benzene rings is 1. The van der Waals surface area contributed by atoms with Crippen molar-refractivity contribution in [1.29, 1.82) is 0 Å². The summed E-state index contributed by atoms with van der Waals surface area (Å²) in [6.45, 7) is 0. The van der Waals surface area contributed by atoms with E-state index in [1.807, 2.05) is 0 Å². The van der Waals surface area contributed by atoms with Crippen LogP contribution in [0.15, 0.2) is 18.2 Å². The molecule has 0 fully saturated rings. The molecule has 0 aromatic heterocycles. The second-order valence-corrected chi connectivity index (χ2v) is 2.22. The van der Waals surface area contributed by atoms with Crippen molar-refractivity contribution in [2.24, 2.45) is 0 Å². The van der Waals surface area contributed by atoms with Gasteiger partial charge in [0, 0.05) is 10.6 Å². The molecule has 1 aromatic rings. The lowest BCUT2D eigenvalue weighted by molar-refractivity contribution is -0.140. The third-order valence-electron chi connectivity index (χ3n) is 1.34. The van der Waals surface area contributed by atoms with Crippen molar-refractivity contribution in [2.75, 3.05) is 0 Å². The first kappa shape index (κ1) is 9.76. The summed E-state index contributed by atoms with van der Waals surface area (Å²) in [6.07, 6.45) is -4.78. The van der Waals surface area contributed by atoms with Gasteiger partial charge in [0.05, 0.1) is 5.56 Å². The Bertz CT molecular complexity index is 306. The van der Waals surface area contributed by atoms with Crippen LogP contribution in [0.4, 0.5) is 22.1 Å². The summed E-state index contributed by atoms with van der Waals surface area (Å²) >= 11 is 0. The van der Waals surface area contributed by atoms with Crippen LogP contribution in [-0.2, 0) is 6.18 Å². The van der Waals surface area contributed by atoms with E-state index in [0.29, 0.717) is 18.2 Å². The minimum Gasteiger partial charge on any atom is -0.294 e. The van der Waals surface area contributed by atoms with E-state index in [-0.39, 0.29) is 0 Å². The van der Waals surface area contributed by atoms with Gasteiger partial charge in [0.2, 0.25) is 0 Å². The molecule has 0 aliphatic rings. The van der Waals surface area contributed by atoms with Crippen LogP contribution >= 0.6 is 0 Å². The fourth-order valence-corrected chi connectivity index (χ4v) is 0.774. The van der Waals surface area contributed by atoms with Crippen LogP contribution in [0, 0.1) is 5.82 Å². The van der Waals surface area contributed by atoms with Crippen molar-refractivity contribution in [1.82, 2.24) is 0 Å². The van der Waals surface area contributed by atoms with E-state index in [0.717, 1.165) is 0 Å². The van der Waals surface area contributed by atoms with Gasteiger partial charge >= 0.3 is 6.18 Å². The first-order valence-electron chi connectivity index (χ1n) is 3.10. The first-order chi connectivity index (χ1) is 5.95. The van der Waals surface area contributed by atoms with E-state index in [4.69, 9.17) is 0 Å². The molecule has 1 nitrogen and oxygen atoms in total. The van der Waals surface area contributed by atoms with Gasteiger partial charge in [0.15, 0.2) is 5.75 Å². The van der Waals surface area contributed by atoms with Crippen molar-refractivity contribution in [2.45, 2.75) is 6.18 Å². The van der Waals surface area contributed by atoms with Gasteiger partial charge in [-0.1, -0.05) is 0 Å². The molecule has 1 rings (SSSR count). The molecule has 0 aliphatic heterocycles. The average Bonchev–Trinajstić information content (AvgIpc) is 2.01. The second-order valence-electron chi connectivity index (χ2n) is 2.22. The third-order valence-corrected chi connectivity index (χ3v) is 1.34. The molecule has 0 saturated heterocycles. The van der Waals surface area contributed by atoms with Gasteiger partial charge in [0.25, 0.3) is 0 Å². The predicted molar refractivity (Wildman–Crippen MR) is 33.1 cm³/mol. The Balaban J connectivity index is 3.13. The van der Waals surface area contributed by atoms with E-state index in [9.17, 15) is 22.1 Å². The Morgan fingerprint density at radius 1 is 1.15 bits per heavy atom. The molecule has 0 N–H and O–H groups in total. The normalized spacial score (nSPS) is 11.5. The van der Waals surface area contributed by atoms with Crippen molar-refractivity contribution >= 4 is 0 Å². The highest BCUT2D eigenvalue weighted by Crippen LogP contribution is 2.32. The largest absolute Gasteiger partial charge is 0.419 e. The van der Waals surface area contributed by atoms with Gasteiger partial charge in [-0.15, -0.1) is 0 Å². The lowest BCUT2D eigenvalue weighted by atomic mass is 10.2. The van der Waals surface area contributed by atoms with Crippen LogP contribution in [0.1, 0.15) is 5.56 Å². The van der Waals surface area contributed by atoms with Crippen LogP contribution in [-0.4, -0.2) is 0 Å². The summed E-state index contributed by atoms with van der Waals surface area (Å²) in [5.74, 6) is -2.17. The number of rotatable bonds is 1. The van der Waals surface area contributed by atoms with Crippen LogP contribution in [0.25, 0.3) is 0 Å². The molecule has 6 heteroatoms. The van der Waals surface area contributed by atoms with E-state index >= 15 is 0 Å². The SMILES string of the molecule is FOc1ccc(C(F)(F)F)c(F)c1. The Labute approximate surface area is 69.6 Å². The van der Waals surface area contributed by atoms with E-state index < -0.39 is 23.3 Å². The maximum atomic E-state index is 12.6. The number of halogens is 5. The zero-order valence-corrected chi connectivity index (χ0v) is 6.03. The molecule has 0 aliphatic carbocycles. The van der Waals surface area contributed by atoms with Crippen LogP contribution in [0.2, 0.25) is 0 Å². The zero-order chi connectivity index (χ0) is 10.1. The molecule has 0 bridgehead atoms. The van der Waals surface area contributed by atoms with Gasteiger partial charge < -0.3 is 0 Å². The Morgan fingerprint density at radius 2 is 1.77 bits per heavy atom. The predicted octanol–water partition coefficient (Wildman–Crippen LogP) is 3.11. The average molecular weight is 198 g/mol. The summed E-state index contributed by atoms with van der Waals surface area (Å²) in [4.78, 5) is 3.06. The maximum absolute atomic E-state index is 12.6. The summed E-state index contributed by atoms with van der Waals surface area (Å²) < 4.78 is 59.7. The van der Waals surface area contributed by atoms with Gasteiger partial charge in [-0.3, -0.25) is 4.94 Å². The number of hydrogen-bond donors (Lipinski definition) is 0. The Kier molecular flexibility index (Phi) is 2.40. The van der Waals surface area contributed by atoms with Crippen LogP contribution < -0.4 is 4.94 Å². The minimum absolute atomic E-state index is 0.322. The third kappa shape index (κ3) is 2.07. The van der Waals surface area contributed by atoms with Crippen LogP contribution in [0.3, 0.4) is 0 Å². The molecular weight excluding hydrogens is 195 g/mol. The topological polar surface area (TPSA) is 9.23 Å². The summed E-state index contributed by atoms with van der Waals surface area (Å²) in [7, 11) is 0. The van der Waals surface area contributed by atoms with Gasteiger partial charge in [-0.05, 0) is 12.1 Å². The molecule has 13 heavy (non-hydrogen) atoms. The van der Waals surface area contributed by atoms with Gasteiger partial charge in [-0.25, -0.2) is 4.39 Å². The molecular formula is C7H3F5O. The Hall–Kier alpha value is -1.33. The van der Waals surface area contributed by atoms with Crippen molar-refractivity contribution in [3.63, 3.8) is 0 Å². The summed E-state index contributed by atoms with van der Waals surface area (Å²) in [5.41, 5.74) is -1.45. The highest BCUT2D eigenvalue weighted by atomic mass is 19.4.